The number of nitro groups is 2. The molecular weight excluding hydrogens is 290 g/mol. The predicted molar refractivity (Wildman–Crippen MR) is 76.5 cm³/mol. The van der Waals surface area contributed by atoms with Crippen molar-refractivity contribution in [2.75, 3.05) is 0 Å². The summed E-state index contributed by atoms with van der Waals surface area (Å²) in [6.45, 7) is 0. The second kappa shape index (κ2) is 5.36. The molecule has 1 aromatic rings. The molecule has 8 nitrogen and oxygen atoms in total. The zero-order valence-corrected chi connectivity index (χ0v) is 11.7. The highest BCUT2D eigenvalue weighted by molar-refractivity contribution is 5.95. The Labute approximate surface area is 125 Å². The third-order valence-electron chi connectivity index (χ3n) is 4.64. The molecule has 1 aromatic carbocycles. The fourth-order valence-electron chi connectivity index (χ4n) is 3.61. The molecule has 0 saturated heterocycles. The van der Waals surface area contributed by atoms with Crippen molar-refractivity contribution in [3.05, 3.63) is 44.0 Å². The van der Waals surface area contributed by atoms with E-state index < -0.39 is 27.1 Å². The van der Waals surface area contributed by atoms with E-state index in [-0.39, 0.29) is 11.6 Å². The Morgan fingerprint density at radius 1 is 1.05 bits per heavy atom. The summed E-state index contributed by atoms with van der Waals surface area (Å²) in [6, 6.07) is 3.09. The molecule has 22 heavy (non-hydrogen) atoms. The molecule has 0 aliphatic heterocycles. The number of non-ortho nitro benzene ring substituents is 2. The minimum absolute atomic E-state index is 0.0383. The summed E-state index contributed by atoms with van der Waals surface area (Å²) < 4.78 is 0. The van der Waals surface area contributed by atoms with E-state index in [0.29, 0.717) is 11.8 Å². The molecule has 2 saturated carbocycles. The lowest BCUT2D eigenvalue weighted by Gasteiger charge is -2.22. The molecule has 0 spiro atoms. The van der Waals surface area contributed by atoms with Crippen molar-refractivity contribution in [1.82, 2.24) is 5.32 Å². The van der Waals surface area contributed by atoms with Gasteiger partial charge in [-0.05, 0) is 31.1 Å². The molecule has 2 aliphatic rings. The second-order valence-corrected chi connectivity index (χ2v) is 6.01. The van der Waals surface area contributed by atoms with Crippen molar-refractivity contribution in [3.8, 4) is 0 Å². The molecule has 0 aromatic heterocycles. The van der Waals surface area contributed by atoms with Crippen LogP contribution in [0.15, 0.2) is 18.2 Å². The van der Waals surface area contributed by atoms with E-state index >= 15 is 0 Å². The van der Waals surface area contributed by atoms with Crippen molar-refractivity contribution >= 4 is 17.3 Å². The highest BCUT2D eigenvalue weighted by atomic mass is 16.6. The Bertz CT molecular complexity index is 628. The summed E-state index contributed by atoms with van der Waals surface area (Å²) >= 11 is 0. The van der Waals surface area contributed by atoms with Crippen LogP contribution in [0.4, 0.5) is 11.4 Å². The maximum Gasteiger partial charge on any atom is 0.277 e. The van der Waals surface area contributed by atoms with Gasteiger partial charge in [0.1, 0.15) is 0 Å². The minimum atomic E-state index is -0.735. The number of hydrogen-bond acceptors (Lipinski definition) is 5. The fourth-order valence-corrected chi connectivity index (χ4v) is 3.61. The molecule has 0 radical (unpaired) electrons. The quantitative estimate of drug-likeness (QED) is 0.677. The molecule has 3 rings (SSSR count). The normalized spacial score (nSPS) is 25.9. The van der Waals surface area contributed by atoms with Crippen molar-refractivity contribution < 1.29 is 14.6 Å². The Balaban J connectivity index is 1.82. The molecule has 0 heterocycles. The van der Waals surface area contributed by atoms with Crippen LogP contribution >= 0.6 is 0 Å². The van der Waals surface area contributed by atoms with Gasteiger partial charge in [0.25, 0.3) is 17.3 Å². The Kier molecular flexibility index (Phi) is 3.51. The zero-order valence-electron chi connectivity index (χ0n) is 11.7. The van der Waals surface area contributed by atoms with E-state index in [1.807, 2.05) is 0 Å². The minimum Gasteiger partial charge on any atom is -0.349 e. The first-order chi connectivity index (χ1) is 10.4. The SMILES string of the molecule is O=C(N[C@@H]1C[C@H]2CC[C@H]1C2)c1cc([N+](=O)[O-])cc([N+](=O)[O-])c1. The van der Waals surface area contributed by atoms with Gasteiger partial charge in [-0.3, -0.25) is 25.0 Å². The van der Waals surface area contributed by atoms with Crippen LogP contribution in [0.5, 0.6) is 0 Å². The predicted octanol–water partition coefficient (Wildman–Crippen LogP) is 2.42. The molecule has 1 amide bonds. The number of amides is 1. The number of nitrogens with one attached hydrogen (secondary N) is 1. The molecule has 8 heteroatoms. The Morgan fingerprint density at radius 2 is 1.68 bits per heavy atom. The summed E-state index contributed by atoms with van der Waals surface area (Å²) in [6.07, 6.45) is 4.32. The van der Waals surface area contributed by atoms with E-state index in [4.69, 9.17) is 0 Å². The van der Waals surface area contributed by atoms with Crippen molar-refractivity contribution in [2.24, 2.45) is 11.8 Å². The third-order valence-corrected chi connectivity index (χ3v) is 4.64. The van der Waals surface area contributed by atoms with Gasteiger partial charge in [-0.1, -0.05) is 6.42 Å². The average Bonchev–Trinajstić information content (AvgIpc) is 3.09. The van der Waals surface area contributed by atoms with E-state index in [1.54, 1.807) is 0 Å². The lowest BCUT2D eigenvalue weighted by molar-refractivity contribution is -0.394. The lowest BCUT2D eigenvalue weighted by atomic mass is 9.95. The maximum absolute atomic E-state index is 12.3. The third kappa shape index (κ3) is 2.63. The number of benzene rings is 1. The topological polar surface area (TPSA) is 115 Å². The molecule has 116 valence electrons. The first-order valence-corrected chi connectivity index (χ1v) is 7.19. The zero-order chi connectivity index (χ0) is 15.9. The van der Waals surface area contributed by atoms with Crippen LogP contribution in [0.2, 0.25) is 0 Å². The summed E-state index contributed by atoms with van der Waals surface area (Å²) in [5.74, 6) is 0.627. The molecular formula is C14H15N3O5. The second-order valence-electron chi connectivity index (χ2n) is 6.01. The van der Waals surface area contributed by atoms with E-state index in [0.717, 1.165) is 37.5 Å². The summed E-state index contributed by atoms with van der Waals surface area (Å²) in [4.78, 5) is 32.5. The Hall–Kier alpha value is -2.51. The maximum atomic E-state index is 12.3. The van der Waals surface area contributed by atoms with E-state index in [1.165, 1.54) is 6.42 Å². The van der Waals surface area contributed by atoms with Gasteiger partial charge in [-0.15, -0.1) is 0 Å². The van der Waals surface area contributed by atoms with Crippen molar-refractivity contribution in [2.45, 2.75) is 31.7 Å². The summed E-state index contributed by atoms with van der Waals surface area (Å²) in [5.41, 5.74) is -0.941. The van der Waals surface area contributed by atoms with Gasteiger partial charge in [0.05, 0.1) is 21.5 Å². The lowest BCUT2D eigenvalue weighted by Crippen LogP contribution is -2.38. The number of hydrogen-bond donors (Lipinski definition) is 1. The molecule has 2 fully saturated rings. The average molecular weight is 305 g/mol. The number of nitro benzene ring substituents is 2. The standard InChI is InChI=1S/C14H15N3O5/c18-14(15-13-4-8-1-2-9(13)3-8)10-5-11(16(19)20)7-12(6-10)17(21)22/h5-9,13H,1-4H2,(H,15,18)/t8-,9-,13+/m0/s1. The van der Waals surface area contributed by atoms with Crippen LogP contribution in [-0.2, 0) is 0 Å². The van der Waals surface area contributed by atoms with Gasteiger partial charge >= 0.3 is 0 Å². The number of nitrogens with zero attached hydrogens (tertiary/aromatic N) is 2. The summed E-state index contributed by atoms with van der Waals surface area (Å²) in [7, 11) is 0. The summed E-state index contributed by atoms with van der Waals surface area (Å²) in [5, 5.41) is 24.6. The van der Waals surface area contributed by atoms with Gasteiger partial charge in [0, 0.05) is 18.2 Å². The van der Waals surface area contributed by atoms with Crippen LogP contribution in [0, 0.1) is 32.1 Å². The highest BCUT2D eigenvalue weighted by Gasteiger charge is 2.40. The number of carbonyl (C=O) groups excluding carboxylic acids is 1. The first-order valence-electron chi connectivity index (χ1n) is 7.19. The van der Waals surface area contributed by atoms with Crippen molar-refractivity contribution in [1.29, 1.82) is 0 Å². The van der Waals surface area contributed by atoms with Crippen LogP contribution in [0.25, 0.3) is 0 Å². The highest BCUT2D eigenvalue weighted by Crippen LogP contribution is 2.44. The molecule has 1 N–H and O–H groups in total. The van der Waals surface area contributed by atoms with Gasteiger partial charge in [0.2, 0.25) is 0 Å². The van der Waals surface area contributed by atoms with E-state index in [9.17, 15) is 25.0 Å². The number of rotatable bonds is 4. The number of fused-ring (bicyclic) bond motifs is 2. The van der Waals surface area contributed by atoms with Crippen LogP contribution in [0.1, 0.15) is 36.0 Å². The smallest absolute Gasteiger partial charge is 0.277 e. The van der Waals surface area contributed by atoms with Gasteiger partial charge in [0.15, 0.2) is 0 Å². The molecule has 2 aliphatic carbocycles. The number of carbonyl (C=O) groups is 1. The van der Waals surface area contributed by atoms with Crippen molar-refractivity contribution in [3.63, 3.8) is 0 Å². The van der Waals surface area contributed by atoms with E-state index in [2.05, 4.69) is 5.32 Å². The largest absolute Gasteiger partial charge is 0.349 e. The Morgan fingerprint density at radius 3 is 2.14 bits per heavy atom. The molecule has 3 atom stereocenters. The fraction of sp³-hybridized carbons (Fsp3) is 0.500. The van der Waals surface area contributed by atoms with Gasteiger partial charge in [-0.25, -0.2) is 0 Å². The molecule has 0 unspecified atom stereocenters. The van der Waals surface area contributed by atoms with Gasteiger partial charge in [-0.2, -0.15) is 0 Å². The molecule has 2 bridgehead atoms. The van der Waals surface area contributed by atoms with Crippen LogP contribution < -0.4 is 5.32 Å². The van der Waals surface area contributed by atoms with Crippen LogP contribution in [0.3, 0.4) is 0 Å². The van der Waals surface area contributed by atoms with Crippen LogP contribution in [-0.4, -0.2) is 21.8 Å². The first kappa shape index (κ1) is 14.4. The van der Waals surface area contributed by atoms with Gasteiger partial charge < -0.3 is 5.32 Å². The monoisotopic (exact) mass is 305 g/mol.